The molecular formula is C19H25F3N4O2. The van der Waals surface area contributed by atoms with Crippen LogP contribution in [0.5, 0.6) is 5.75 Å². The summed E-state index contributed by atoms with van der Waals surface area (Å²) < 4.78 is 45.8. The first-order chi connectivity index (χ1) is 13.4. The molecule has 1 aromatic carbocycles. The minimum Gasteiger partial charge on any atom is -0.406 e. The van der Waals surface area contributed by atoms with E-state index >= 15 is 0 Å². The highest BCUT2D eigenvalue weighted by Crippen LogP contribution is 2.22. The molecule has 1 aromatic heterocycles. The van der Waals surface area contributed by atoms with E-state index in [4.69, 9.17) is 4.52 Å². The van der Waals surface area contributed by atoms with Crippen molar-refractivity contribution in [2.45, 2.75) is 46.0 Å². The Bertz CT molecular complexity index is 749. The van der Waals surface area contributed by atoms with Gasteiger partial charge in [0.2, 0.25) is 0 Å². The molecule has 2 rings (SSSR count). The van der Waals surface area contributed by atoms with Crippen molar-refractivity contribution in [3.63, 3.8) is 0 Å². The van der Waals surface area contributed by atoms with Crippen LogP contribution in [0, 0.1) is 0 Å². The number of rotatable bonds is 8. The second kappa shape index (κ2) is 10.0. The van der Waals surface area contributed by atoms with E-state index in [1.165, 1.54) is 12.1 Å². The fourth-order valence-electron chi connectivity index (χ4n) is 2.71. The Balaban J connectivity index is 1.82. The smallest absolute Gasteiger partial charge is 0.406 e. The lowest BCUT2D eigenvalue weighted by Gasteiger charge is -2.13. The topological polar surface area (TPSA) is 71.7 Å². The van der Waals surface area contributed by atoms with Gasteiger partial charge in [0.25, 0.3) is 0 Å². The Hall–Kier alpha value is -2.71. The second-order valence-electron chi connectivity index (χ2n) is 6.03. The number of hydrogen-bond acceptors (Lipinski definition) is 4. The van der Waals surface area contributed by atoms with Gasteiger partial charge in [0.1, 0.15) is 11.5 Å². The average molecular weight is 398 g/mol. The molecule has 0 aliphatic heterocycles. The molecular weight excluding hydrogens is 373 g/mol. The predicted molar refractivity (Wildman–Crippen MR) is 100 cm³/mol. The molecule has 0 bridgehead atoms. The van der Waals surface area contributed by atoms with Crippen molar-refractivity contribution >= 4 is 5.96 Å². The van der Waals surface area contributed by atoms with E-state index in [0.29, 0.717) is 25.5 Å². The maximum absolute atomic E-state index is 12.2. The summed E-state index contributed by atoms with van der Waals surface area (Å²) in [5, 5.41) is 10.5. The lowest BCUT2D eigenvalue weighted by atomic mass is 10.1. The van der Waals surface area contributed by atoms with Crippen LogP contribution in [-0.4, -0.2) is 31.1 Å². The first kappa shape index (κ1) is 21.6. The Labute approximate surface area is 162 Å². The summed E-state index contributed by atoms with van der Waals surface area (Å²) >= 11 is 0. The number of alkyl halides is 3. The van der Waals surface area contributed by atoms with Crippen LogP contribution in [0.1, 0.15) is 36.4 Å². The van der Waals surface area contributed by atoms with Crippen LogP contribution in [0.15, 0.2) is 33.8 Å². The van der Waals surface area contributed by atoms with E-state index < -0.39 is 6.36 Å². The molecule has 0 atom stereocenters. The highest BCUT2D eigenvalue weighted by Gasteiger charge is 2.30. The lowest BCUT2D eigenvalue weighted by Crippen LogP contribution is -2.38. The molecule has 2 N–H and O–H groups in total. The predicted octanol–water partition coefficient (Wildman–Crippen LogP) is 3.61. The lowest BCUT2D eigenvalue weighted by molar-refractivity contribution is -0.274. The fraction of sp³-hybridized carbons (Fsp3) is 0.474. The SMILES string of the molecule is CCc1noc(CC)c1CNC(=NC)NCCc1ccc(OC(F)(F)F)cc1. The quantitative estimate of drug-likeness (QED) is 0.525. The Morgan fingerprint density at radius 3 is 2.43 bits per heavy atom. The van der Waals surface area contributed by atoms with Crippen LogP contribution >= 0.6 is 0 Å². The molecule has 28 heavy (non-hydrogen) atoms. The van der Waals surface area contributed by atoms with Gasteiger partial charge in [0.15, 0.2) is 5.96 Å². The number of aromatic nitrogens is 1. The number of ether oxygens (including phenoxy) is 1. The van der Waals surface area contributed by atoms with Crippen LogP contribution in [0.25, 0.3) is 0 Å². The van der Waals surface area contributed by atoms with Gasteiger partial charge < -0.3 is 19.9 Å². The molecule has 6 nitrogen and oxygen atoms in total. The largest absolute Gasteiger partial charge is 0.573 e. The molecule has 1 heterocycles. The zero-order chi connectivity index (χ0) is 20.6. The Kier molecular flexibility index (Phi) is 7.71. The molecule has 0 saturated heterocycles. The van der Waals surface area contributed by atoms with Gasteiger partial charge in [-0.25, -0.2) is 0 Å². The van der Waals surface area contributed by atoms with Crippen molar-refractivity contribution in [1.82, 2.24) is 15.8 Å². The Morgan fingerprint density at radius 1 is 1.14 bits per heavy atom. The summed E-state index contributed by atoms with van der Waals surface area (Å²) in [4.78, 5) is 4.18. The monoisotopic (exact) mass is 398 g/mol. The van der Waals surface area contributed by atoms with Crippen molar-refractivity contribution in [1.29, 1.82) is 0 Å². The van der Waals surface area contributed by atoms with Crippen molar-refractivity contribution in [2.24, 2.45) is 4.99 Å². The van der Waals surface area contributed by atoms with Gasteiger partial charge in [-0.3, -0.25) is 4.99 Å². The molecule has 0 saturated carbocycles. The minimum atomic E-state index is -4.68. The molecule has 0 spiro atoms. The number of nitrogens with one attached hydrogen (secondary N) is 2. The van der Waals surface area contributed by atoms with Crippen molar-refractivity contribution in [3.05, 3.63) is 46.8 Å². The van der Waals surface area contributed by atoms with Crippen LogP contribution < -0.4 is 15.4 Å². The van der Waals surface area contributed by atoms with E-state index in [9.17, 15) is 13.2 Å². The summed E-state index contributed by atoms with van der Waals surface area (Å²) in [7, 11) is 1.67. The normalized spacial score (nSPS) is 12.1. The van der Waals surface area contributed by atoms with Gasteiger partial charge in [-0.2, -0.15) is 0 Å². The average Bonchev–Trinajstić information content (AvgIpc) is 3.06. The summed E-state index contributed by atoms with van der Waals surface area (Å²) in [5.74, 6) is 1.26. The molecule has 0 amide bonds. The van der Waals surface area contributed by atoms with Crippen molar-refractivity contribution in [2.75, 3.05) is 13.6 Å². The van der Waals surface area contributed by atoms with E-state index in [1.807, 2.05) is 13.8 Å². The molecule has 9 heteroatoms. The maximum atomic E-state index is 12.2. The van der Waals surface area contributed by atoms with Gasteiger partial charge in [0, 0.05) is 32.1 Å². The van der Waals surface area contributed by atoms with Crippen LogP contribution in [0.3, 0.4) is 0 Å². The third-order valence-corrected chi connectivity index (χ3v) is 4.13. The molecule has 154 valence electrons. The van der Waals surface area contributed by atoms with Gasteiger partial charge >= 0.3 is 6.36 Å². The number of benzene rings is 1. The zero-order valence-corrected chi connectivity index (χ0v) is 16.2. The maximum Gasteiger partial charge on any atom is 0.573 e. The van der Waals surface area contributed by atoms with Crippen LogP contribution in [0.4, 0.5) is 13.2 Å². The number of nitrogens with zero attached hydrogens (tertiary/aromatic N) is 2. The summed E-state index contributed by atoms with van der Waals surface area (Å²) in [5.41, 5.74) is 2.87. The summed E-state index contributed by atoms with van der Waals surface area (Å²) in [6.07, 6.45) is -2.49. The fourth-order valence-corrected chi connectivity index (χ4v) is 2.71. The number of aliphatic imine (C=N–C) groups is 1. The molecule has 0 aliphatic rings. The highest BCUT2D eigenvalue weighted by atomic mass is 19.4. The number of guanidine groups is 1. The van der Waals surface area contributed by atoms with Gasteiger partial charge in [-0.05, 0) is 30.5 Å². The Morgan fingerprint density at radius 2 is 1.86 bits per heavy atom. The highest BCUT2D eigenvalue weighted by molar-refractivity contribution is 5.79. The molecule has 2 aromatic rings. The second-order valence-corrected chi connectivity index (χ2v) is 6.03. The van der Waals surface area contributed by atoms with Gasteiger partial charge in [-0.1, -0.05) is 31.1 Å². The number of aryl methyl sites for hydroxylation is 2. The van der Waals surface area contributed by atoms with Crippen molar-refractivity contribution in [3.8, 4) is 5.75 Å². The summed E-state index contributed by atoms with van der Waals surface area (Å²) in [6, 6.07) is 5.83. The third-order valence-electron chi connectivity index (χ3n) is 4.13. The van der Waals surface area contributed by atoms with Crippen LogP contribution in [-0.2, 0) is 25.8 Å². The van der Waals surface area contributed by atoms with Crippen molar-refractivity contribution < 1.29 is 22.4 Å². The number of halogens is 3. The molecule has 0 radical (unpaired) electrons. The molecule has 0 fully saturated rings. The van der Waals surface area contributed by atoms with Gasteiger partial charge in [-0.15, -0.1) is 13.2 Å². The van der Waals surface area contributed by atoms with Gasteiger partial charge in [0.05, 0.1) is 5.69 Å². The summed E-state index contributed by atoms with van der Waals surface area (Å²) in [6.45, 7) is 5.17. The zero-order valence-electron chi connectivity index (χ0n) is 16.2. The van der Waals surface area contributed by atoms with Crippen LogP contribution in [0.2, 0.25) is 0 Å². The molecule has 0 aliphatic carbocycles. The standard InChI is InChI=1S/C19H25F3N4O2/c1-4-16-15(17(5-2)28-26-16)12-25-18(23-3)24-11-10-13-6-8-14(9-7-13)27-19(20,21)22/h6-9H,4-5,10-12H2,1-3H3,(H2,23,24,25). The van der Waals surface area contributed by atoms with E-state index in [2.05, 4.69) is 25.5 Å². The van der Waals surface area contributed by atoms with E-state index in [-0.39, 0.29) is 5.75 Å². The van der Waals surface area contributed by atoms with E-state index in [1.54, 1.807) is 19.2 Å². The molecule has 0 unspecified atom stereocenters. The third kappa shape index (κ3) is 6.47. The number of hydrogen-bond donors (Lipinski definition) is 2. The first-order valence-corrected chi connectivity index (χ1v) is 9.11. The first-order valence-electron chi connectivity index (χ1n) is 9.11. The minimum absolute atomic E-state index is 0.228. The van der Waals surface area contributed by atoms with E-state index in [0.717, 1.165) is 35.4 Å².